The summed E-state index contributed by atoms with van der Waals surface area (Å²) < 4.78 is 10.5. The lowest BCUT2D eigenvalue weighted by Gasteiger charge is -2.14. The summed E-state index contributed by atoms with van der Waals surface area (Å²) in [4.78, 5) is 15.7. The normalized spacial score (nSPS) is 13.5. The lowest BCUT2D eigenvalue weighted by atomic mass is 10.3. The number of carbonyl (C=O) groups is 1. The van der Waals surface area contributed by atoms with Crippen LogP contribution in [0.3, 0.4) is 0 Å². The Balaban J connectivity index is 0.00000288. The Kier molecular flexibility index (Phi) is 8.66. The van der Waals surface area contributed by atoms with Crippen LogP contribution in [-0.4, -0.2) is 46.2 Å². The van der Waals surface area contributed by atoms with Gasteiger partial charge in [0.25, 0.3) is 0 Å². The van der Waals surface area contributed by atoms with Crippen LogP contribution < -0.4 is 25.4 Å². The van der Waals surface area contributed by atoms with Crippen molar-refractivity contribution in [3.8, 4) is 11.5 Å². The van der Waals surface area contributed by atoms with Crippen molar-refractivity contribution in [2.75, 3.05) is 39.7 Å². The highest BCUT2D eigenvalue weighted by molar-refractivity contribution is 14.0. The van der Waals surface area contributed by atoms with E-state index in [0.29, 0.717) is 30.5 Å². The number of amides is 1. The topological polar surface area (TPSA) is 84.0 Å². The van der Waals surface area contributed by atoms with Crippen molar-refractivity contribution in [1.29, 1.82) is 0 Å². The van der Waals surface area contributed by atoms with Crippen molar-refractivity contribution in [3.05, 3.63) is 18.2 Å². The highest BCUT2D eigenvalue weighted by atomic mass is 127. The highest BCUT2D eigenvalue weighted by Crippen LogP contribution is 2.29. The number of rotatable bonds is 7. The van der Waals surface area contributed by atoms with Crippen LogP contribution in [0.15, 0.2) is 23.2 Å². The molecule has 0 heterocycles. The summed E-state index contributed by atoms with van der Waals surface area (Å²) in [5, 5.41) is 9.22. The molecular weight excluding hydrogens is 423 g/mol. The Morgan fingerprint density at radius 2 is 1.83 bits per heavy atom. The molecule has 0 radical (unpaired) electrons. The van der Waals surface area contributed by atoms with Gasteiger partial charge in [0.05, 0.1) is 14.2 Å². The maximum absolute atomic E-state index is 11.5. The molecule has 0 aliphatic heterocycles. The third-order valence-electron chi connectivity index (χ3n) is 3.53. The van der Waals surface area contributed by atoms with Gasteiger partial charge in [-0.05, 0) is 25.0 Å². The standard InChI is InChI=1S/C16H24N4O3.HI/c1-17-16(19-9-8-18-15(21)11-4-5-11)20-12-6-7-13(22-2)14(10-12)23-3;/h6-7,10-11H,4-5,8-9H2,1-3H3,(H,18,21)(H2,17,19,20);1H. The molecule has 0 bridgehead atoms. The number of ether oxygens (including phenoxy) is 2. The fourth-order valence-electron chi connectivity index (χ4n) is 2.09. The van der Waals surface area contributed by atoms with Crippen LogP contribution in [-0.2, 0) is 4.79 Å². The maximum Gasteiger partial charge on any atom is 0.223 e. The van der Waals surface area contributed by atoms with Crippen LogP contribution in [0, 0.1) is 5.92 Å². The molecule has 1 amide bonds. The molecule has 1 saturated carbocycles. The molecule has 0 aromatic heterocycles. The van der Waals surface area contributed by atoms with Gasteiger partial charge >= 0.3 is 0 Å². The predicted molar refractivity (Wildman–Crippen MR) is 106 cm³/mol. The van der Waals surface area contributed by atoms with E-state index in [0.717, 1.165) is 18.5 Å². The minimum Gasteiger partial charge on any atom is -0.493 e. The number of halogens is 1. The summed E-state index contributed by atoms with van der Waals surface area (Å²) in [6, 6.07) is 5.54. The summed E-state index contributed by atoms with van der Waals surface area (Å²) >= 11 is 0. The lowest BCUT2D eigenvalue weighted by Crippen LogP contribution is -2.38. The van der Waals surface area contributed by atoms with Crippen LogP contribution in [0.5, 0.6) is 11.5 Å². The van der Waals surface area contributed by atoms with Gasteiger partial charge in [0, 0.05) is 37.8 Å². The first-order valence-corrected chi connectivity index (χ1v) is 7.65. The number of aliphatic imine (C=N–C) groups is 1. The van der Waals surface area contributed by atoms with Gasteiger partial charge in [-0.2, -0.15) is 0 Å². The van der Waals surface area contributed by atoms with Gasteiger partial charge in [0.1, 0.15) is 0 Å². The molecule has 0 unspecified atom stereocenters. The van der Waals surface area contributed by atoms with Crippen molar-refractivity contribution < 1.29 is 14.3 Å². The average Bonchev–Trinajstić information content (AvgIpc) is 3.42. The van der Waals surface area contributed by atoms with Crippen molar-refractivity contribution in [1.82, 2.24) is 10.6 Å². The van der Waals surface area contributed by atoms with Crippen LogP contribution in [0.1, 0.15) is 12.8 Å². The van der Waals surface area contributed by atoms with Crippen LogP contribution in [0.25, 0.3) is 0 Å². The monoisotopic (exact) mass is 448 g/mol. The summed E-state index contributed by atoms with van der Waals surface area (Å²) in [5.74, 6) is 2.32. The van der Waals surface area contributed by atoms with E-state index in [2.05, 4.69) is 20.9 Å². The second-order valence-electron chi connectivity index (χ2n) is 5.26. The van der Waals surface area contributed by atoms with E-state index in [9.17, 15) is 4.79 Å². The lowest BCUT2D eigenvalue weighted by molar-refractivity contribution is -0.122. The molecule has 1 aliphatic rings. The molecule has 0 atom stereocenters. The van der Waals surface area contributed by atoms with Gasteiger partial charge in [-0.25, -0.2) is 0 Å². The predicted octanol–water partition coefficient (Wildman–Crippen LogP) is 1.84. The number of anilines is 1. The van der Waals surface area contributed by atoms with Crippen LogP contribution in [0.2, 0.25) is 0 Å². The van der Waals surface area contributed by atoms with Gasteiger partial charge in [0.15, 0.2) is 17.5 Å². The van der Waals surface area contributed by atoms with Gasteiger partial charge in [-0.15, -0.1) is 24.0 Å². The maximum atomic E-state index is 11.5. The average molecular weight is 448 g/mol. The number of benzene rings is 1. The number of hydrogen-bond acceptors (Lipinski definition) is 4. The Bertz CT molecular complexity index is 576. The zero-order chi connectivity index (χ0) is 16.7. The van der Waals surface area contributed by atoms with Gasteiger partial charge < -0.3 is 25.4 Å². The van der Waals surface area contributed by atoms with E-state index in [4.69, 9.17) is 9.47 Å². The van der Waals surface area contributed by atoms with Crippen molar-refractivity contribution in [2.45, 2.75) is 12.8 Å². The molecule has 1 aliphatic carbocycles. The Morgan fingerprint density at radius 1 is 1.17 bits per heavy atom. The summed E-state index contributed by atoms with van der Waals surface area (Å²) in [5.41, 5.74) is 0.831. The third kappa shape index (κ3) is 6.06. The largest absolute Gasteiger partial charge is 0.493 e. The first kappa shape index (κ1) is 20.3. The SMILES string of the molecule is CN=C(NCCNC(=O)C1CC1)Nc1ccc(OC)c(OC)c1.I. The summed E-state index contributed by atoms with van der Waals surface area (Å²) in [6.45, 7) is 1.17. The first-order valence-electron chi connectivity index (χ1n) is 7.65. The number of nitrogens with zero attached hydrogens (tertiary/aromatic N) is 1. The second kappa shape index (κ2) is 10.2. The second-order valence-corrected chi connectivity index (χ2v) is 5.26. The van der Waals surface area contributed by atoms with Gasteiger partial charge in [-0.1, -0.05) is 0 Å². The van der Waals surface area contributed by atoms with Gasteiger partial charge in [-0.3, -0.25) is 9.79 Å². The van der Waals surface area contributed by atoms with Crippen LogP contribution >= 0.6 is 24.0 Å². The minimum atomic E-state index is 0. The van der Waals surface area contributed by atoms with E-state index in [1.165, 1.54) is 0 Å². The molecule has 8 heteroatoms. The molecule has 134 valence electrons. The number of methoxy groups -OCH3 is 2. The molecule has 2 rings (SSSR count). The molecule has 7 nitrogen and oxygen atoms in total. The quantitative estimate of drug-likeness (QED) is 0.257. The number of guanidine groups is 1. The molecule has 3 N–H and O–H groups in total. The minimum absolute atomic E-state index is 0. The third-order valence-corrected chi connectivity index (χ3v) is 3.53. The fraction of sp³-hybridized carbons (Fsp3) is 0.500. The molecule has 0 spiro atoms. The van der Waals surface area contributed by atoms with E-state index >= 15 is 0 Å². The van der Waals surface area contributed by atoms with E-state index in [1.807, 2.05) is 18.2 Å². The Hall–Kier alpha value is -1.71. The molecule has 1 fully saturated rings. The van der Waals surface area contributed by atoms with Gasteiger partial charge in [0.2, 0.25) is 5.91 Å². The van der Waals surface area contributed by atoms with Crippen molar-refractivity contribution in [2.24, 2.45) is 10.9 Å². The molecule has 1 aromatic carbocycles. The summed E-state index contributed by atoms with van der Waals surface area (Å²) in [7, 11) is 4.89. The molecular formula is C16H25IN4O3. The van der Waals surface area contributed by atoms with E-state index in [1.54, 1.807) is 21.3 Å². The van der Waals surface area contributed by atoms with Crippen molar-refractivity contribution in [3.63, 3.8) is 0 Å². The van der Waals surface area contributed by atoms with E-state index in [-0.39, 0.29) is 35.8 Å². The first-order chi connectivity index (χ1) is 11.2. The molecule has 0 saturated heterocycles. The zero-order valence-electron chi connectivity index (χ0n) is 14.2. The zero-order valence-corrected chi connectivity index (χ0v) is 16.5. The number of nitrogens with one attached hydrogen (secondary N) is 3. The summed E-state index contributed by atoms with van der Waals surface area (Å²) in [6.07, 6.45) is 2.03. The molecule has 24 heavy (non-hydrogen) atoms. The van der Waals surface area contributed by atoms with E-state index < -0.39 is 0 Å². The number of hydrogen-bond donors (Lipinski definition) is 3. The smallest absolute Gasteiger partial charge is 0.223 e. The van der Waals surface area contributed by atoms with Crippen molar-refractivity contribution >= 4 is 41.5 Å². The fourth-order valence-corrected chi connectivity index (χ4v) is 2.09. The Morgan fingerprint density at radius 3 is 2.42 bits per heavy atom. The number of carbonyl (C=O) groups excluding carboxylic acids is 1. The van der Waals surface area contributed by atoms with Crippen LogP contribution in [0.4, 0.5) is 5.69 Å². The highest BCUT2D eigenvalue weighted by Gasteiger charge is 2.28. The molecule has 1 aromatic rings. The Labute approximate surface area is 159 Å².